The summed E-state index contributed by atoms with van der Waals surface area (Å²) in [5.41, 5.74) is 0.877. The monoisotopic (exact) mass is 225 g/mol. The maximum atomic E-state index is 11.9. The van der Waals surface area contributed by atoms with E-state index in [1.54, 1.807) is 6.07 Å². The second-order valence-corrected chi connectivity index (χ2v) is 3.98. The van der Waals surface area contributed by atoms with E-state index in [1.165, 1.54) is 0 Å². The first-order valence-corrected chi connectivity index (χ1v) is 5.71. The third kappa shape index (κ3) is 2.11. The smallest absolute Gasteiger partial charge is 0.234 e. The summed E-state index contributed by atoms with van der Waals surface area (Å²) >= 11 is 0. The zero-order valence-electron chi connectivity index (χ0n) is 9.69. The summed E-state index contributed by atoms with van der Waals surface area (Å²) in [6.45, 7) is 1.95. The zero-order chi connectivity index (χ0) is 12.3. The number of Topliss-reactive ketones (excluding diaryl/α,β-unsaturated/α-hetero) is 1. The molecule has 1 radical (unpaired) electrons. The van der Waals surface area contributed by atoms with Gasteiger partial charge in [0.1, 0.15) is 0 Å². The number of hydrogen-bond acceptors (Lipinski definition) is 2. The standard InChI is InChI=1S/C15H13O2/c1-2-5-15(17)13-9-8-11-6-3-4-7-12(11)14(13)10-16/h3-4,6-9H,2,5H2,1H3. The maximum Gasteiger partial charge on any atom is 0.234 e. The van der Waals surface area contributed by atoms with Crippen LogP contribution in [0.25, 0.3) is 10.8 Å². The second-order valence-electron chi connectivity index (χ2n) is 3.98. The van der Waals surface area contributed by atoms with Crippen LogP contribution in [-0.4, -0.2) is 12.1 Å². The fourth-order valence-corrected chi connectivity index (χ4v) is 1.98. The topological polar surface area (TPSA) is 34.1 Å². The molecule has 0 aliphatic carbocycles. The van der Waals surface area contributed by atoms with Crippen molar-refractivity contribution in [2.75, 3.05) is 0 Å². The molecule has 0 saturated heterocycles. The Labute approximate surface area is 100 Å². The fourth-order valence-electron chi connectivity index (χ4n) is 1.98. The summed E-state index contributed by atoms with van der Waals surface area (Å²) in [5, 5.41) is 1.75. The van der Waals surface area contributed by atoms with Crippen molar-refractivity contribution < 1.29 is 9.59 Å². The van der Waals surface area contributed by atoms with Crippen LogP contribution in [0.4, 0.5) is 0 Å². The SMILES string of the molecule is CCCC(=O)c1ccc2ccccc2c1[C]=O. The van der Waals surface area contributed by atoms with Crippen molar-refractivity contribution in [3.8, 4) is 0 Å². The fraction of sp³-hybridized carbons (Fsp3) is 0.200. The van der Waals surface area contributed by atoms with Crippen molar-refractivity contribution >= 4 is 22.8 Å². The second kappa shape index (κ2) is 4.91. The van der Waals surface area contributed by atoms with E-state index >= 15 is 0 Å². The average Bonchev–Trinajstić information content (AvgIpc) is 2.37. The van der Waals surface area contributed by atoms with Gasteiger partial charge in [-0.1, -0.05) is 43.3 Å². The van der Waals surface area contributed by atoms with Crippen LogP contribution in [0.1, 0.15) is 35.7 Å². The van der Waals surface area contributed by atoms with Gasteiger partial charge in [-0.15, -0.1) is 0 Å². The predicted molar refractivity (Wildman–Crippen MR) is 68.0 cm³/mol. The van der Waals surface area contributed by atoms with E-state index in [2.05, 4.69) is 0 Å². The molecule has 0 N–H and O–H groups in total. The van der Waals surface area contributed by atoms with Crippen LogP contribution in [0.3, 0.4) is 0 Å². The van der Waals surface area contributed by atoms with Crippen molar-refractivity contribution in [1.82, 2.24) is 0 Å². The third-order valence-corrected chi connectivity index (χ3v) is 2.81. The first-order chi connectivity index (χ1) is 8.27. The molecule has 0 atom stereocenters. The summed E-state index contributed by atoms with van der Waals surface area (Å²) in [4.78, 5) is 23.0. The van der Waals surface area contributed by atoms with Gasteiger partial charge in [0.2, 0.25) is 6.29 Å². The van der Waals surface area contributed by atoms with Crippen molar-refractivity contribution in [3.63, 3.8) is 0 Å². The van der Waals surface area contributed by atoms with Gasteiger partial charge < -0.3 is 0 Å². The van der Waals surface area contributed by atoms with Crippen LogP contribution >= 0.6 is 0 Å². The van der Waals surface area contributed by atoms with Gasteiger partial charge in [-0.25, -0.2) is 0 Å². The van der Waals surface area contributed by atoms with Gasteiger partial charge in [-0.2, -0.15) is 0 Å². The molecule has 0 fully saturated rings. The van der Waals surface area contributed by atoms with E-state index in [0.717, 1.165) is 17.2 Å². The van der Waals surface area contributed by atoms with Crippen molar-refractivity contribution in [2.24, 2.45) is 0 Å². The van der Waals surface area contributed by atoms with Crippen molar-refractivity contribution in [3.05, 3.63) is 47.5 Å². The number of hydrogen-bond donors (Lipinski definition) is 0. The summed E-state index contributed by atoms with van der Waals surface area (Å²) in [7, 11) is 0. The van der Waals surface area contributed by atoms with Gasteiger partial charge in [0.15, 0.2) is 5.78 Å². The summed E-state index contributed by atoms with van der Waals surface area (Å²) in [6, 6.07) is 11.1. The molecule has 2 heteroatoms. The van der Waals surface area contributed by atoms with Gasteiger partial charge in [-0.05, 0) is 17.2 Å². The lowest BCUT2D eigenvalue weighted by molar-refractivity contribution is 0.0981. The van der Waals surface area contributed by atoms with Crippen LogP contribution in [-0.2, 0) is 4.79 Å². The Hall–Kier alpha value is -1.96. The van der Waals surface area contributed by atoms with Crippen LogP contribution < -0.4 is 0 Å². The molecule has 0 aliphatic heterocycles. The third-order valence-electron chi connectivity index (χ3n) is 2.81. The molecule has 17 heavy (non-hydrogen) atoms. The van der Waals surface area contributed by atoms with E-state index in [1.807, 2.05) is 43.5 Å². The van der Waals surface area contributed by atoms with Gasteiger partial charge in [0.05, 0.1) is 0 Å². The molecule has 0 heterocycles. The lowest BCUT2D eigenvalue weighted by Crippen LogP contribution is -2.03. The molecule has 0 aromatic heterocycles. The molecule has 0 spiro atoms. The molecule has 0 saturated carbocycles. The highest BCUT2D eigenvalue weighted by molar-refractivity contribution is 6.10. The number of carbonyl (C=O) groups excluding carboxylic acids is 2. The van der Waals surface area contributed by atoms with Crippen LogP contribution in [0.15, 0.2) is 36.4 Å². The molecule has 0 bridgehead atoms. The molecular weight excluding hydrogens is 212 g/mol. The number of benzene rings is 2. The van der Waals surface area contributed by atoms with Crippen LogP contribution in [0.5, 0.6) is 0 Å². The number of carbonyl (C=O) groups is 1. The molecule has 2 aromatic carbocycles. The number of rotatable bonds is 4. The van der Waals surface area contributed by atoms with E-state index in [-0.39, 0.29) is 5.78 Å². The lowest BCUT2D eigenvalue weighted by Gasteiger charge is -2.06. The highest BCUT2D eigenvalue weighted by atomic mass is 16.1. The van der Waals surface area contributed by atoms with Crippen molar-refractivity contribution in [2.45, 2.75) is 19.8 Å². The van der Waals surface area contributed by atoms with E-state index in [0.29, 0.717) is 17.5 Å². The predicted octanol–water partition coefficient (Wildman–Crippen LogP) is 3.28. The normalized spacial score (nSPS) is 10.4. The number of ketones is 1. The molecule has 0 amide bonds. The Bertz CT molecular complexity index is 570. The molecule has 2 aromatic rings. The van der Waals surface area contributed by atoms with E-state index in [9.17, 15) is 9.59 Å². The maximum absolute atomic E-state index is 11.9. The first kappa shape index (κ1) is 11.5. The summed E-state index contributed by atoms with van der Waals surface area (Å²) in [6.07, 6.45) is 3.15. The average molecular weight is 225 g/mol. The molecule has 0 unspecified atom stereocenters. The summed E-state index contributed by atoms with van der Waals surface area (Å²) < 4.78 is 0. The Kier molecular flexibility index (Phi) is 3.33. The van der Waals surface area contributed by atoms with Gasteiger partial charge in [0, 0.05) is 17.5 Å². The lowest BCUT2D eigenvalue weighted by atomic mass is 9.96. The summed E-state index contributed by atoms with van der Waals surface area (Å²) in [5.74, 6) is 0.0107. The molecule has 2 nitrogen and oxygen atoms in total. The highest BCUT2D eigenvalue weighted by Crippen LogP contribution is 2.22. The molecular formula is C15H13O2. The molecule has 2 rings (SSSR count). The van der Waals surface area contributed by atoms with E-state index in [4.69, 9.17) is 0 Å². The quantitative estimate of drug-likeness (QED) is 0.748. The Morgan fingerprint density at radius 2 is 1.94 bits per heavy atom. The molecule has 0 aliphatic rings. The Morgan fingerprint density at radius 1 is 1.18 bits per heavy atom. The highest BCUT2D eigenvalue weighted by Gasteiger charge is 2.13. The minimum absolute atomic E-state index is 0.0107. The largest absolute Gasteiger partial charge is 0.294 e. The van der Waals surface area contributed by atoms with Gasteiger partial charge >= 0.3 is 0 Å². The molecule has 85 valence electrons. The Morgan fingerprint density at radius 3 is 2.65 bits per heavy atom. The van der Waals surface area contributed by atoms with Gasteiger partial charge in [0.25, 0.3) is 0 Å². The first-order valence-electron chi connectivity index (χ1n) is 5.71. The van der Waals surface area contributed by atoms with Crippen LogP contribution in [0.2, 0.25) is 0 Å². The number of fused-ring (bicyclic) bond motifs is 1. The minimum Gasteiger partial charge on any atom is -0.294 e. The van der Waals surface area contributed by atoms with Crippen molar-refractivity contribution in [1.29, 1.82) is 0 Å². The van der Waals surface area contributed by atoms with Gasteiger partial charge in [-0.3, -0.25) is 9.59 Å². The Balaban J connectivity index is 2.65. The van der Waals surface area contributed by atoms with E-state index < -0.39 is 0 Å². The van der Waals surface area contributed by atoms with Crippen LogP contribution in [0, 0.1) is 0 Å². The minimum atomic E-state index is 0.0107. The zero-order valence-corrected chi connectivity index (χ0v) is 9.69.